The maximum atomic E-state index is 5.90. The molecular weight excluding hydrogens is 172 g/mol. The number of nitrogens with zero attached hydrogens (tertiary/aromatic N) is 1. The second-order valence-corrected chi connectivity index (χ2v) is 4.13. The first-order valence-corrected chi connectivity index (χ1v) is 5.32. The van der Waals surface area contributed by atoms with Gasteiger partial charge in [-0.05, 0) is 18.9 Å². The minimum absolute atomic E-state index is 0.376. The van der Waals surface area contributed by atoms with Gasteiger partial charge in [-0.1, -0.05) is 30.3 Å². The Balaban J connectivity index is 2.05. The largest absolute Gasteiger partial charge is 0.326 e. The van der Waals surface area contributed by atoms with Gasteiger partial charge in [-0.3, -0.25) is 4.90 Å². The van der Waals surface area contributed by atoms with Crippen LogP contribution in [-0.4, -0.2) is 24.0 Å². The molecule has 14 heavy (non-hydrogen) atoms. The smallest absolute Gasteiger partial charge is 0.0320 e. The number of hydrogen-bond donors (Lipinski definition) is 1. The molecule has 1 aromatic rings. The van der Waals surface area contributed by atoms with E-state index in [1.165, 1.54) is 5.56 Å². The summed E-state index contributed by atoms with van der Waals surface area (Å²) in [7, 11) is 0. The minimum atomic E-state index is 0.376. The lowest BCUT2D eigenvalue weighted by molar-refractivity contribution is 0.260. The second kappa shape index (κ2) is 4.11. The van der Waals surface area contributed by atoms with E-state index >= 15 is 0 Å². The third-order valence-corrected chi connectivity index (χ3v) is 3.09. The zero-order chi connectivity index (χ0) is 9.97. The van der Waals surface area contributed by atoms with Gasteiger partial charge in [0.15, 0.2) is 0 Å². The van der Waals surface area contributed by atoms with E-state index in [1.54, 1.807) is 0 Å². The van der Waals surface area contributed by atoms with E-state index in [9.17, 15) is 0 Å². The van der Waals surface area contributed by atoms with Gasteiger partial charge in [-0.2, -0.15) is 0 Å². The molecule has 1 aliphatic heterocycles. The van der Waals surface area contributed by atoms with Crippen molar-refractivity contribution in [2.45, 2.75) is 25.4 Å². The van der Waals surface area contributed by atoms with Crippen molar-refractivity contribution in [1.29, 1.82) is 0 Å². The predicted octanol–water partition coefficient (Wildman–Crippen LogP) is 1.78. The fourth-order valence-electron chi connectivity index (χ4n) is 2.11. The molecule has 1 heterocycles. The highest BCUT2D eigenvalue weighted by Gasteiger charge is 2.23. The number of benzene rings is 1. The maximum absolute atomic E-state index is 5.90. The molecule has 0 aromatic heterocycles. The third-order valence-electron chi connectivity index (χ3n) is 3.09. The molecule has 1 fully saturated rings. The van der Waals surface area contributed by atoms with Gasteiger partial charge in [0, 0.05) is 25.2 Å². The summed E-state index contributed by atoms with van der Waals surface area (Å²) in [6.45, 7) is 4.43. The van der Waals surface area contributed by atoms with Gasteiger partial charge >= 0.3 is 0 Å². The average Bonchev–Trinajstić information content (AvgIpc) is 2.65. The summed E-state index contributed by atoms with van der Waals surface area (Å²) in [6.07, 6.45) is 1.14. The van der Waals surface area contributed by atoms with E-state index in [0.29, 0.717) is 12.1 Å². The van der Waals surface area contributed by atoms with Crippen molar-refractivity contribution in [2.24, 2.45) is 5.73 Å². The normalized spacial score (nSPS) is 25.1. The van der Waals surface area contributed by atoms with E-state index in [-0.39, 0.29) is 0 Å². The monoisotopic (exact) mass is 190 g/mol. The van der Waals surface area contributed by atoms with Crippen LogP contribution < -0.4 is 5.73 Å². The summed E-state index contributed by atoms with van der Waals surface area (Å²) in [5.41, 5.74) is 7.29. The van der Waals surface area contributed by atoms with E-state index in [2.05, 4.69) is 42.2 Å². The molecule has 2 atom stereocenters. The summed E-state index contributed by atoms with van der Waals surface area (Å²) >= 11 is 0. The van der Waals surface area contributed by atoms with Crippen molar-refractivity contribution >= 4 is 0 Å². The molecule has 2 rings (SSSR count). The fourth-order valence-corrected chi connectivity index (χ4v) is 2.11. The first-order chi connectivity index (χ1) is 6.77. The van der Waals surface area contributed by atoms with Crippen molar-refractivity contribution in [2.75, 3.05) is 13.1 Å². The highest BCUT2D eigenvalue weighted by atomic mass is 15.2. The Kier molecular flexibility index (Phi) is 2.85. The minimum Gasteiger partial charge on any atom is -0.326 e. The van der Waals surface area contributed by atoms with Crippen LogP contribution in [0.1, 0.15) is 24.9 Å². The molecule has 0 bridgehead atoms. The topological polar surface area (TPSA) is 29.3 Å². The van der Waals surface area contributed by atoms with Gasteiger partial charge < -0.3 is 5.73 Å². The zero-order valence-electron chi connectivity index (χ0n) is 8.69. The van der Waals surface area contributed by atoms with Gasteiger partial charge in [0.05, 0.1) is 0 Å². The lowest BCUT2D eigenvalue weighted by Crippen LogP contribution is -2.28. The van der Waals surface area contributed by atoms with Gasteiger partial charge in [0.25, 0.3) is 0 Å². The van der Waals surface area contributed by atoms with Gasteiger partial charge in [0.2, 0.25) is 0 Å². The SMILES string of the molecule is CC(c1ccccc1)N1CC[C@@H](N)C1. The van der Waals surface area contributed by atoms with Crippen LogP contribution in [0.4, 0.5) is 0 Å². The first-order valence-electron chi connectivity index (χ1n) is 5.32. The Morgan fingerprint density at radius 2 is 2.07 bits per heavy atom. The first kappa shape index (κ1) is 9.69. The van der Waals surface area contributed by atoms with Gasteiger partial charge in [-0.25, -0.2) is 0 Å². The van der Waals surface area contributed by atoms with Crippen LogP contribution in [-0.2, 0) is 0 Å². The zero-order valence-corrected chi connectivity index (χ0v) is 8.69. The molecule has 1 unspecified atom stereocenters. The summed E-state index contributed by atoms with van der Waals surface area (Å²) < 4.78 is 0. The number of likely N-dealkylation sites (tertiary alicyclic amines) is 1. The number of hydrogen-bond acceptors (Lipinski definition) is 2. The van der Waals surface area contributed by atoms with Crippen molar-refractivity contribution < 1.29 is 0 Å². The molecule has 76 valence electrons. The van der Waals surface area contributed by atoms with Crippen molar-refractivity contribution in [3.63, 3.8) is 0 Å². The molecule has 1 aromatic carbocycles. The lowest BCUT2D eigenvalue weighted by atomic mass is 10.1. The standard InChI is InChI=1S/C12H18N2/c1-10(11-5-3-2-4-6-11)14-8-7-12(13)9-14/h2-6,10,12H,7-9,13H2,1H3/t10?,12-/m1/s1. The molecule has 2 heteroatoms. The van der Waals surface area contributed by atoms with Gasteiger partial charge in [0.1, 0.15) is 0 Å². The summed E-state index contributed by atoms with van der Waals surface area (Å²) in [6, 6.07) is 11.5. The Morgan fingerprint density at radius 1 is 1.36 bits per heavy atom. The van der Waals surface area contributed by atoms with Crippen LogP contribution in [0.15, 0.2) is 30.3 Å². The highest BCUT2D eigenvalue weighted by molar-refractivity contribution is 5.18. The molecule has 2 nitrogen and oxygen atoms in total. The van der Waals surface area contributed by atoms with E-state index in [0.717, 1.165) is 19.5 Å². The van der Waals surface area contributed by atoms with Crippen LogP contribution in [0, 0.1) is 0 Å². The Hall–Kier alpha value is -0.860. The molecule has 0 amide bonds. The maximum Gasteiger partial charge on any atom is 0.0320 e. The van der Waals surface area contributed by atoms with Crippen molar-refractivity contribution in [3.8, 4) is 0 Å². The molecule has 0 saturated carbocycles. The van der Waals surface area contributed by atoms with Crippen molar-refractivity contribution in [3.05, 3.63) is 35.9 Å². The quantitative estimate of drug-likeness (QED) is 0.770. The Bertz CT molecular complexity index is 284. The van der Waals surface area contributed by atoms with Crippen LogP contribution >= 0.6 is 0 Å². The molecule has 0 radical (unpaired) electrons. The molecule has 0 aliphatic carbocycles. The highest BCUT2D eigenvalue weighted by Crippen LogP contribution is 2.23. The van der Waals surface area contributed by atoms with Crippen LogP contribution in [0.2, 0.25) is 0 Å². The number of rotatable bonds is 2. The van der Waals surface area contributed by atoms with E-state index < -0.39 is 0 Å². The van der Waals surface area contributed by atoms with Crippen LogP contribution in [0.5, 0.6) is 0 Å². The van der Waals surface area contributed by atoms with Gasteiger partial charge in [-0.15, -0.1) is 0 Å². The number of nitrogens with two attached hydrogens (primary N) is 1. The van der Waals surface area contributed by atoms with E-state index in [1.807, 2.05) is 0 Å². The second-order valence-electron chi connectivity index (χ2n) is 4.13. The summed E-state index contributed by atoms with van der Waals surface area (Å²) in [4.78, 5) is 2.46. The molecule has 1 saturated heterocycles. The molecular formula is C12H18N2. The van der Waals surface area contributed by atoms with Crippen LogP contribution in [0.25, 0.3) is 0 Å². The molecule has 0 spiro atoms. The lowest BCUT2D eigenvalue weighted by Gasteiger charge is -2.24. The van der Waals surface area contributed by atoms with Crippen LogP contribution in [0.3, 0.4) is 0 Å². The molecule has 2 N–H and O–H groups in total. The van der Waals surface area contributed by atoms with Crippen molar-refractivity contribution in [1.82, 2.24) is 4.90 Å². The average molecular weight is 190 g/mol. The Morgan fingerprint density at radius 3 is 2.64 bits per heavy atom. The summed E-state index contributed by atoms with van der Waals surface area (Å²) in [5, 5.41) is 0. The Labute approximate surface area is 85.7 Å². The third kappa shape index (κ3) is 1.97. The summed E-state index contributed by atoms with van der Waals surface area (Å²) in [5.74, 6) is 0. The molecule has 1 aliphatic rings. The fraction of sp³-hybridized carbons (Fsp3) is 0.500. The predicted molar refractivity (Wildman–Crippen MR) is 59.0 cm³/mol. The van der Waals surface area contributed by atoms with E-state index in [4.69, 9.17) is 5.73 Å².